The number of urea groups is 1. The maximum atomic E-state index is 10.8. The van der Waals surface area contributed by atoms with E-state index in [1.54, 1.807) is 0 Å². The standard InChI is InChI=1S/C8H15N3O3/c1-3-6(10-11-8(9)13)4-5-7(12)14-2/h3-5H2,1-2H3,(H3,9,11,13)/b10-6+. The summed E-state index contributed by atoms with van der Waals surface area (Å²) in [6.07, 6.45) is 1.37. The van der Waals surface area contributed by atoms with Crippen LogP contribution in [-0.4, -0.2) is 24.8 Å². The fourth-order valence-corrected chi connectivity index (χ4v) is 0.794. The van der Waals surface area contributed by atoms with Crippen molar-refractivity contribution in [2.45, 2.75) is 26.2 Å². The number of hydrazone groups is 1. The van der Waals surface area contributed by atoms with Gasteiger partial charge in [0.25, 0.3) is 0 Å². The molecule has 0 radical (unpaired) electrons. The molecule has 0 spiro atoms. The maximum Gasteiger partial charge on any atom is 0.332 e. The molecule has 0 fully saturated rings. The van der Waals surface area contributed by atoms with Crippen LogP contribution in [0.3, 0.4) is 0 Å². The number of ether oxygens (including phenoxy) is 1. The van der Waals surface area contributed by atoms with Gasteiger partial charge in [-0.3, -0.25) is 4.79 Å². The molecule has 0 saturated carbocycles. The third-order valence-electron chi connectivity index (χ3n) is 1.58. The summed E-state index contributed by atoms with van der Waals surface area (Å²) in [6, 6.07) is -0.714. The lowest BCUT2D eigenvalue weighted by molar-refractivity contribution is -0.140. The molecular formula is C8H15N3O3. The van der Waals surface area contributed by atoms with E-state index in [9.17, 15) is 9.59 Å². The molecule has 0 aromatic rings. The fourth-order valence-electron chi connectivity index (χ4n) is 0.794. The number of nitrogens with two attached hydrogens (primary N) is 1. The summed E-state index contributed by atoms with van der Waals surface area (Å²) in [5, 5.41) is 3.73. The molecule has 14 heavy (non-hydrogen) atoms. The van der Waals surface area contributed by atoms with Crippen LogP contribution >= 0.6 is 0 Å². The van der Waals surface area contributed by atoms with Gasteiger partial charge in [0.15, 0.2) is 0 Å². The Hall–Kier alpha value is -1.59. The van der Waals surface area contributed by atoms with Crippen molar-refractivity contribution in [3.05, 3.63) is 0 Å². The predicted octanol–water partition coefficient (Wildman–Crippen LogP) is 0.374. The Morgan fingerprint density at radius 2 is 2.07 bits per heavy atom. The second-order valence-corrected chi connectivity index (χ2v) is 2.58. The molecule has 0 unspecified atom stereocenters. The van der Waals surface area contributed by atoms with E-state index in [1.165, 1.54) is 7.11 Å². The molecule has 0 aromatic heterocycles. The number of nitrogens with zero attached hydrogens (tertiary/aromatic N) is 1. The van der Waals surface area contributed by atoms with Crippen LogP contribution in [0.2, 0.25) is 0 Å². The average Bonchev–Trinajstić information content (AvgIpc) is 2.17. The van der Waals surface area contributed by atoms with E-state index in [0.29, 0.717) is 18.6 Å². The number of methoxy groups -OCH3 is 1. The van der Waals surface area contributed by atoms with Gasteiger partial charge >= 0.3 is 12.0 Å². The summed E-state index contributed by atoms with van der Waals surface area (Å²) in [6.45, 7) is 1.87. The van der Waals surface area contributed by atoms with Gasteiger partial charge < -0.3 is 10.5 Å². The maximum absolute atomic E-state index is 10.8. The van der Waals surface area contributed by atoms with E-state index >= 15 is 0 Å². The van der Waals surface area contributed by atoms with Crippen molar-refractivity contribution in [1.29, 1.82) is 0 Å². The quantitative estimate of drug-likeness (QED) is 0.382. The average molecular weight is 201 g/mol. The largest absolute Gasteiger partial charge is 0.469 e. The van der Waals surface area contributed by atoms with Crippen molar-refractivity contribution >= 4 is 17.7 Å². The molecule has 2 amide bonds. The Morgan fingerprint density at radius 3 is 2.50 bits per heavy atom. The van der Waals surface area contributed by atoms with Crippen LogP contribution in [0, 0.1) is 0 Å². The topological polar surface area (TPSA) is 93.8 Å². The summed E-state index contributed by atoms with van der Waals surface area (Å²) in [5.74, 6) is -0.301. The number of primary amides is 1. The van der Waals surface area contributed by atoms with E-state index in [0.717, 1.165) is 0 Å². The molecule has 0 rings (SSSR count). The smallest absolute Gasteiger partial charge is 0.332 e. The number of amides is 2. The van der Waals surface area contributed by atoms with Crippen LogP contribution < -0.4 is 11.2 Å². The highest BCUT2D eigenvalue weighted by Crippen LogP contribution is 1.98. The number of carbonyl (C=O) groups excluding carboxylic acids is 2. The van der Waals surface area contributed by atoms with Crippen molar-refractivity contribution in [3.63, 3.8) is 0 Å². The lowest BCUT2D eigenvalue weighted by Crippen LogP contribution is -2.25. The van der Waals surface area contributed by atoms with Crippen LogP contribution in [0.4, 0.5) is 4.79 Å². The minimum absolute atomic E-state index is 0.254. The molecule has 0 atom stereocenters. The van der Waals surface area contributed by atoms with Gasteiger partial charge in [0.1, 0.15) is 0 Å². The molecular weight excluding hydrogens is 186 g/mol. The summed E-state index contributed by atoms with van der Waals surface area (Å²) in [4.78, 5) is 21.1. The zero-order valence-corrected chi connectivity index (χ0v) is 8.37. The third-order valence-corrected chi connectivity index (χ3v) is 1.58. The first-order valence-electron chi connectivity index (χ1n) is 4.27. The second kappa shape index (κ2) is 6.88. The molecule has 0 heterocycles. The zero-order valence-electron chi connectivity index (χ0n) is 8.37. The minimum atomic E-state index is -0.714. The molecule has 3 N–H and O–H groups in total. The molecule has 0 bridgehead atoms. The number of nitrogens with one attached hydrogen (secondary N) is 1. The minimum Gasteiger partial charge on any atom is -0.469 e. The zero-order chi connectivity index (χ0) is 11.0. The molecule has 6 heteroatoms. The van der Waals surface area contributed by atoms with Gasteiger partial charge in [0.2, 0.25) is 0 Å². The second-order valence-electron chi connectivity index (χ2n) is 2.58. The van der Waals surface area contributed by atoms with Gasteiger partial charge in [-0.2, -0.15) is 5.10 Å². The van der Waals surface area contributed by atoms with E-state index < -0.39 is 6.03 Å². The fraction of sp³-hybridized carbons (Fsp3) is 0.625. The number of carbonyl (C=O) groups is 2. The molecule has 0 aromatic carbocycles. The van der Waals surface area contributed by atoms with Crippen LogP contribution in [0.1, 0.15) is 26.2 Å². The number of esters is 1. The monoisotopic (exact) mass is 201 g/mol. The summed E-state index contributed by atoms with van der Waals surface area (Å²) in [7, 11) is 1.33. The van der Waals surface area contributed by atoms with Crippen molar-refractivity contribution in [2.24, 2.45) is 10.8 Å². The van der Waals surface area contributed by atoms with Crippen molar-refractivity contribution in [3.8, 4) is 0 Å². The van der Waals surface area contributed by atoms with Crippen molar-refractivity contribution < 1.29 is 14.3 Å². The molecule has 0 aliphatic carbocycles. The van der Waals surface area contributed by atoms with Gasteiger partial charge in [-0.1, -0.05) is 6.92 Å². The summed E-state index contributed by atoms with van der Waals surface area (Å²) >= 11 is 0. The van der Waals surface area contributed by atoms with E-state index in [4.69, 9.17) is 5.73 Å². The van der Waals surface area contributed by atoms with Crippen LogP contribution in [-0.2, 0) is 9.53 Å². The normalized spacial score (nSPS) is 10.9. The first kappa shape index (κ1) is 12.4. The lowest BCUT2D eigenvalue weighted by Gasteiger charge is -2.02. The Labute approximate surface area is 82.5 Å². The highest BCUT2D eigenvalue weighted by atomic mass is 16.5. The van der Waals surface area contributed by atoms with Crippen LogP contribution in [0.5, 0.6) is 0 Å². The Bertz CT molecular complexity index is 238. The van der Waals surface area contributed by atoms with E-state index in [2.05, 4.69) is 15.3 Å². The molecule has 80 valence electrons. The molecule has 0 aliphatic rings. The van der Waals surface area contributed by atoms with Crippen molar-refractivity contribution in [2.75, 3.05) is 7.11 Å². The van der Waals surface area contributed by atoms with Crippen LogP contribution in [0.15, 0.2) is 5.10 Å². The van der Waals surface area contributed by atoms with Gasteiger partial charge in [0, 0.05) is 5.71 Å². The van der Waals surface area contributed by atoms with E-state index in [-0.39, 0.29) is 12.4 Å². The molecule has 0 saturated heterocycles. The lowest BCUT2D eigenvalue weighted by atomic mass is 10.2. The van der Waals surface area contributed by atoms with E-state index in [1.807, 2.05) is 6.92 Å². The van der Waals surface area contributed by atoms with Gasteiger partial charge in [-0.05, 0) is 12.8 Å². The molecule has 6 nitrogen and oxygen atoms in total. The number of rotatable bonds is 5. The Morgan fingerprint density at radius 1 is 1.43 bits per heavy atom. The number of hydrogen-bond acceptors (Lipinski definition) is 4. The predicted molar refractivity (Wildman–Crippen MR) is 51.7 cm³/mol. The van der Waals surface area contributed by atoms with Crippen LogP contribution in [0.25, 0.3) is 0 Å². The summed E-state index contributed by atoms with van der Waals surface area (Å²) in [5.41, 5.74) is 7.64. The van der Waals surface area contributed by atoms with Gasteiger partial charge in [0.05, 0.1) is 13.5 Å². The van der Waals surface area contributed by atoms with Gasteiger partial charge in [-0.25, -0.2) is 10.2 Å². The Kier molecular flexibility index (Phi) is 6.09. The first-order valence-corrected chi connectivity index (χ1v) is 4.27. The molecule has 0 aliphatic heterocycles. The Balaban J connectivity index is 3.96. The highest BCUT2D eigenvalue weighted by molar-refractivity contribution is 5.88. The third kappa shape index (κ3) is 5.99. The van der Waals surface area contributed by atoms with Crippen molar-refractivity contribution in [1.82, 2.24) is 5.43 Å². The summed E-state index contributed by atoms with van der Waals surface area (Å²) < 4.78 is 4.46. The van der Waals surface area contributed by atoms with Gasteiger partial charge in [-0.15, -0.1) is 0 Å². The number of hydrogen-bond donors (Lipinski definition) is 2. The first-order chi connectivity index (χ1) is 6.60. The SMILES string of the molecule is CC/C(CCC(=O)OC)=N\NC(N)=O. The highest BCUT2D eigenvalue weighted by Gasteiger charge is 2.03.